The number of likely N-dealkylation sites (tertiary alicyclic amines) is 1. The van der Waals surface area contributed by atoms with Crippen LogP contribution in [0.15, 0.2) is 18.2 Å². The van der Waals surface area contributed by atoms with Crippen molar-refractivity contribution >= 4 is 6.09 Å². The average Bonchev–Trinajstić information content (AvgIpc) is 2.52. The van der Waals surface area contributed by atoms with E-state index in [4.69, 9.17) is 19.9 Å². The van der Waals surface area contributed by atoms with Gasteiger partial charge in [0.05, 0.1) is 14.2 Å². The van der Waals surface area contributed by atoms with Crippen LogP contribution in [0.2, 0.25) is 0 Å². The molecule has 1 heterocycles. The smallest absolute Gasteiger partial charge is 0.410 e. The maximum Gasteiger partial charge on any atom is 0.410 e. The monoisotopic (exact) mass is 336 g/mol. The number of rotatable bonds is 3. The summed E-state index contributed by atoms with van der Waals surface area (Å²) in [7, 11) is 3.26. The molecule has 1 amide bonds. The van der Waals surface area contributed by atoms with E-state index in [0.717, 1.165) is 23.5 Å². The van der Waals surface area contributed by atoms with Gasteiger partial charge in [0.25, 0.3) is 0 Å². The fourth-order valence-electron chi connectivity index (χ4n) is 2.93. The van der Waals surface area contributed by atoms with Crippen LogP contribution in [-0.4, -0.2) is 49.9 Å². The summed E-state index contributed by atoms with van der Waals surface area (Å²) in [6, 6.07) is 5.64. The van der Waals surface area contributed by atoms with Gasteiger partial charge in [-0.3, -0.25) is 0 Å². The maximum atomic E-state index is 12.2. The highest BCUT2D eigenvalue weighted by Crippen LogP contribution is 2.33. The Morgan fingerprint density at radius 3 is 2.21 bits per heavy atom. The van der Waals surface area contributed by atoms with Crippen molar-refractivity contribution in [3.63, 3.8) is 0 Å². The third-order valence-corrected chi connectivity index (χ3v) is 4.11. The first-order chi connectivity index (χ1) is 11.2. The molecule has 1 aromatic rings. The lowest BCUT2D eigenvalue weighted by Gasteiger charge is -2.37. The van der Waals surface area contributed by atoms with Gasteiger partial charge < -0.3 is 24.8 Å². The minimum absolute atomic E-state index is 0.146. The number of amides is 1. The van der Waals surface area contributed by atoms with E-state index in [0.29, 0.717) is 13.1 Å². The van der Waals surface area contributed by atoms with Crippen molar-refractivity contribution in [2.75, 3.05) is 27.3 Å². The Labute approximate surface area is 143 Å². The van der Waals surface area contributed by atoms with E-state index >= 15 is 0 Å². The molecule has 6 nitrogen and oxygen atoms in total. The van der Waals surface area contributed by atoms with E-state index in [1.165, 1.54) is 0 Å². The first kappa shape index (κ1) is 18.4. The molecule has 2 atom stereocenters. The van der Waals surface area contributed by atoms with Gasteiger partial charge in [-0.25, -0.2) is 4.79 Å². The quantitative estimate of drug-likeness (QED) is 0.919. The van der Waals surface area contributed by atoms with Crippen molar-refractivity contribution in [2.24, 2.45) is 5.73 Å². The molecular weight excluding hydrogens is 308 g/mol. The molecule has 1 aliphatic rings. The van der Waals surface area contributed by atoms with Gasteiger partial charge in [-0.2, -0.15) is 0 Å². The number of piperidine rings is 1. The lowest BCUT2D eigenvalue weighted by Crippen LogP contribution is -2.50. The molecule has 0 aromatic heterocycles. The van der Waals surface area contributed by atoms with Crippen LogP contribution in [0.5, 0.6) is 11.5 Å². The third-order valence-electron chi connectivity index (χ3n) is 4.11. The fraction of sp³-hybridized carbons (Fsp3) is 0.611. The van der Waals surface area contributed by atoms with Crippen LogP contribution in [0, 0.1) is 0 Å². The van der Waals surface area contributed by atoms with Gasteiger partial charge in [0.1, 0.15) is 17.1 Å². The van der Waals surface area contributed by atoms with Crippen molar-refractivity contribution < 1.29 is 19.0 Å². The van der Waals surface area contributed by atoms with Crippen LogP contribution in [0.1, 0.15) is 38.7 Å². The molecule has 0 radical (unpaired) electrons. The molecule has 0 aliphatic carbocycles. The number of methoxy groups -OCH3 is 2. The second-order valence-electron chi connectivity index (χ2n) is 7.13. The number of ether oxygens (including phenoxy) is 3. The third kappa shape index (κ3) is 4.54. The lowest BCUT2D eigenvalue weighted by atomic mass is 9.85. The highest BCUT2D eigenvalue weighted by molar-refractivity contribution is 5.68. The molecule has 0 spiro atoms. The van der Waals surface area contributed by atoms with Gasteiger partial charge in [0, 0.05) is 31.1 Å². The first-order valence-electron chi connectivity index (χ1n) is 8.20. The zero-order valence-electron chi connectivity index (χ0n) is 15.2. The zero-order chi connectivity index (χ0) is 17.9. The van der Waals surface area contributed by atoms with Crippen LogP contribution >= 0.6 is 0 Å². The van der Waals surface area contributed by atoms with Gasteiger partial charge in [-0.15, -0.1) is 0 Å². The molecule has 1 saturated heterocycles. The lowest BCUT2D eigenvalue weighted by molar-refractivity contribution is 0.0186. The van der Waals surface area contributed by atoms with E-state index in [1.54, 1.807) is 19.1 Å². The number of hydrogen-bond donors (Lipinski definition) is 1. The SMILES string of the molecule is COc1cc(OC)cc([C@H]2CCN(C(=O)OC(C)(C)C)C[C@@H]2N)c1. The molecule has 6 heteroatoms. The summed E-state index contributed by atoms with van der Waals surface area (Å²) in [6.07, 6.45) is 0.469. The molecule has 0 saturated carbocycles. The molecule has 1 fully saturated rings. The number of carbonyl (C=O) groups excluding carboxylic acids is 1. The van der Waals surface area contributed by atoms with Gasteiger partial charge >= 0.3 is 6.09 Å². The number of benzene rings is 1. The number of hydrogen-bond acceptors (Lipinski definition) is 5. The summed E-state index contributed by atoms with van der Waals surface area (Å²) in [4.78, 5) is 13.9. The molecular formula is C18H28N2O4. The van der Waals surface area contributed by atoms with Crippen molar-refractivity contribution in [3.05, 3.63) is 23.8 Å². The Morgan fingerprint density at radius 1 is 1.17 bits per heavy atom. The molecule has 0 bridgehead atoms. The number of nitrogens with two attached hydrogens (primary N) is 1. The van der Waals surface area contributed by atoms with Gasteiger partial charge in [-0.1, -0.05) is 0 Å². The second kappa shape index (κ2) is 7.30. The van der Waals surface area contributed by atoms with E-state index < -0.39 is 5.60 Å². The first-order valence-corrected chi connectivity index (χ1v) is 8.20. The van der Waals surface area contributed by atoms with Crippen molar-refractivity contribution in [1.82, 2.24) is 4.90 Å². The highest BCUT2D eigenvalue weighted by Gasteiger charge is 2.32. The van der Waals surface area contributed by atoms with Crippen LogP contribution in [0.25, 0.3) is 0 Å². The maximum absolute atomic E-state index is 12.2. The second-order valence-corrected chi connectivity index (χ2v) is 7.13. The van der Waals surface area contributed by atoms with Gasteiger partial charge in [0.15, 0.2) is 0 Å². The van der Waals surface area contributed by atoms with E-state index in [-0.39, 0.29) is 18.1 Å². The van der Waals surface area contributed by atoms with Crippen LogP contribution < -0.4 is 15.2 Å². The normalized spacial score (nSPS) is 21.3. The van der Waals surface area contributed by atoms with E-state index in [9.17, 15) is 4.79 Å². The van der Waals surface area contributed by atoms with E-state index in [1.807, 2.05) is 39.0 Å². The molecule has 1 aliphatic heterocycles. The van der Waals surface area contributed by atoms with Crippen molar-refractivity contribution in [3.8, 4) is 11.5 Å². The van der Waals surface area contributed by atoms with E-state index in [2.05, 4.69) is 0 Å². The predicted octanol–water partition coefficient (Wildman–Crippen LogP) is 2.76. The Balaban J connectivity index is 2.10. The van der Waals surface area contributed by atoms with Crippen molar-refractivity contribution in [2.45, 2.75) is 44.8 Å². The number of carbonyl (C=O) groups is 1. The molecule has 2 N–H and O–H groups in total. The van der Waals surface area contributed by atoms with Crippen LogP contribution in [-0.2, 0) is 4.74 Å². The Morgan fingerprint density at radius 2 is 1.75 bits per heavy atom. The molecule has 1 aromatic carbocycles. The van der Waals surface area contributed by atoms with Crippen LogP contribution in [0.4, 0.5) is 4.79 Å². The summed E-state index contributed by atoms with van der Waals surface area (Å²) >= 11 is 0. The fourth-order valence-corrected chi connectivity index (χ4v) is 2.93. The minimum Gasteiger partial charge on any atom is -0.497 e. The standard InChI is InChI=1S/C18H28N2O4/c1-18(2,3)24-17(21)20-7-6-15(16(19)11-20)12-8-13(22-4)10-14(9-12)23-5/h8-10,15-16H,6-7,11,19H2,1-5H3/t15-,16+/m1/s1. The average molecular weight is 336 g/mol. The highest BCUT2D eigenvalue weighted by atomic mass is 16.6. The summed E-state index contributed by atoms with van der Waals surface area (Å²) < 4.78 is 16.1. The predicted molar refractivity (Wildman–Crippen MR) is 92.7 cm³/mol. The summed E-state index contributed by atoms with van der Waals surface area (Å²) in [6.45, 7) is 6.67. The molecule has 2 rings (SSSR count). The minimum atomic E-state index is -0.502. The van der Waals surface area contributed by atoms with Crippen molar-refractivity contribution in [1.29, 1.82) is 0 Å². The topological polar surface area (TPSA) is 74.0 Å². The Bertz CT molecular complexity index is 561. The Kier molecular flexibility index (Phi) is 5.59. The van der Waals surface area contributed by atoms with Crippen LogP contribution in [0.3, 0.4) is 0 Å². The summed E-state index contributed by atoms with van der Waals surface area (Å²) in [5.41, 5.74) is 6.92. The molecule has 24 heavy (non-hydrogen) atoms. The Hall–Kier alpha value is -1.95. The zero-order valence-corrected chi connectivity index (χ0v) is 15.2. The number of nitrogens with zero attached hydrogens (tertiary/aromatic N) is 1. The molecule has 0 unspecified atom stereocenters. The van der Waals surface area contributed by atoms with Gasteiger partial charge in [-0.05, 0) is 44.9 Å². The molecule has 134 valence electrons. The summed E-state index contributed by atoms with van der Waals surface area (Å²) in [5, 5.41) is 0. The summed E-state index contributed by atoms with van der Waals surface area (Å²) in [5.74, 6) is 1.63. The largest absolute Gasteiger partial charge is 0.497 e. The van der Waals surface area contributed by atoms with Gasteiger partial charge in [0.2, 0.25) is 0 Å².